The van der Waals surface area contributed by atoms with E-state index >= 15 is 0 Å². The molecule has 17 heavy (non-hydrogen) atoms. The standard InChI is InChI=1S/C12H8BrNO2S/c13-8-4-1-2-6-10(8)17-11-7-3-5-9(14-11)12(15)16/h1-7H,(H,15,16). The quantitative estimate of drug-likeness (QED) is 0.939. The number of hydrogen-bond acceptors (Lipinski definition) is 3. The summed E-state index contributed by atoms with van der Waals surface area (Å²) in [4.78, 5) is 15.8. The zero-order chi connectivity index (χ0) is 12.3. The fourth-order valence-corrected chi connectivity index (χ4v) is 2.59. The SMILES string of the molecule is O=C(O)c1cccc(Sc2ccccc2Br)n1. The number of carboxylic acid groups (broad SMARTS) is 1. The van der Waals surface area contributed by atoms with E-state index in [1.807, 2.05) is 24.3 Å². The number of hydrogen-bond donors (Lipinski definition) is 1. The van der Waals surface area contributed by atoms with Gasteiger partial charge in [-0.05, 0) is 40.2 Å². The van der Waals surface area contributed by atoms with Gasteiger partial charge in [0.25, 0.3) is 0 Å². The van der Waals surface area contributed by atoms with Crippen LogP contribution in [0.25, 0.3) is 0 Å². The number of carbonyl (C=O) groups is 1. The van der Waals surface area contributed by atoms with E-state index in [1.54, 1.807) is 12.1 Å². The third-order valence-electron chi connectivity index (χ3n) is 1.99. The van der Waals surface area contributed by atoms with Crippen molar-refractivity contribution in [1.29, 1.82) is 0 Å². The first-order valence-electron chi connectivity index (χ1n) is 4.79. The lowest BCUT2D eigenvalue weighted by Gasteiger charge is -2.03. The van der Waals surface area contributed by atoms with Gasteiger partial charge >= 0.3 is 5.97 Å². The summed E-state index contributed by atoms with van der Waals surface area (Å²) in [6.45, 7) is 0. The Labute approximate surface area is 111 Å². The van der Waals surface area contributed by atoms with Crippen molar-refractivity contribution in [2.24, 2.45) is 0 Å². The van der Waals surface area contributed by atoms with Crippen LogP contribution < -0.4 is 0 Å². The summed E-state index contributed by atoms with van der Waals surface area (Å²) >= 11 is 4.86. The van der Waals surface area contributed by atoms with Gasteiger partial charge in [-0.15, -0.1) is 0 Å². The first-order chi connectivity index (χ1) is 8.16. The van der Waals surface area contributed by atoms with Crippen molar-refractivity contribution in [3.63, 3.8) is 0 Å². The summed E-state index contributed by atoms with van der Waals surface area (Å²) in [5, 5.41) is 9.51. The molecule has 0 aliphatic rings. The Balaban J connectivity index is 2.28. The molecule has 0 saturated carbocycles. The van der Waals surface area contributed by atoms with E-state index in [1.165, 1.54) is 17.8 Å². The predicted molar refractivity (Wildman–Crippen MR) is 69.5 cm³/mol. The van der Waals surface area contributed by atoms with Crippen LogP contribution in [0.5, 0.6) is 0 Å². The first kappa shape index (κ1) is 12.1. The topological polar surface area (TPSA) is 50.2 Å². The monoisotopic (exact) mass is 309 g/mol. The molecule has 0 radical (unpaired) electrons. The van der Waals surface area contributed by atoms with Crippen LogP contribution in [0.1, 0.15) is 10.5 Å². The minimum Gasteiger partial charge on any atom is -0.477 e. The first-order valence-corrected chi connectivity index (χ1v) is 6.40. The van der Waals surface area contributed by atoms with Gasteiger partial charge in [0.1, 0.15) is 10.7 Å². The molecule has 5 heteroatoms. The number of pyridine rings is 1. The zero-order valence-electron chi connectivity index (χ0n) is 8.63. The molecule has 1 heterocycles. The van der Waals surface area contributed by atoms with E-state index in [2.05, 4.69) is 20.9 Å². The van der Waals surface area contributed by atoms with Gasteiger partial charge in [0.15, 0.2) is 0 Å². The van der Waals surface area contributed by atoms with Gasteiger partial charge in [-0.1, -0.05) is 30.0 Å². The van der Waals surface area contributed by atoms with Crippen LogP contribution in [0.4, 0.5) is 0 Å². The van der Waals surface area contributed by atoms with Gasteiger partial charge < -0.3 is 5.11 Å². The second kappa shape index (κ2) is 5.33. The van der Waals surface area contributed by atoms with E-state index in [9.17, 15) is 4.79 Å². The van der Waals surface area contributed by atoms with Crippen molar-refractivity contribution in [3.8, 4) is 0 Å². The van der Waals surface area contributed by atoms with Gasteiger partial charge in [0, 0.05) is 9.37 Å². The Hall–Kier alpha value is -1.33. The summed E-state index contributed by atoms with van der Waals surface area (Å²) in [6.07, 6.45) is 0. The number of nitrogens with zero attached hydrogens (tertiary/aromatic N) is 1. The number of halogens is 1. The largest absolute Gasteiger partial charge is 0.477 e. The Morgan fingerprint density at radius 1 is 1.18 bits per heavy atom. The molecule has 0 bridgehead atoms. The van der Waals surface area contributed by atoms with Crippen LogP contribution >= 0.6 is 27.7 Å². The maximum Gasteiger partial charge on any atom is 0.354 e. The molecule has 0 atom stereocenters. The third kappa shape index (κ3) is 3.08. The minimum atomic E-state index is -1.01. The van der Waals surface area contributed by atoms with Crippen molar-refractivity contribution in [3.05, 3.63) is 52.6 Å². The molecule has 0 aliphatic heterocycles. The summed E-state index contributed by atoms with van der Waals surface area (Å²) in [5.41, 5.74) is 0.0575. The summed E-state index contributed by atoms with van der Waals surface area (Å²) < 4.78 is 0.965. The molecule has 2 rings (SSSR count). The number of aromatic carboxylic acids is 1. The molecule has 3 nitrogen and oxygen atoms in total. The normalized spacial score (nSPS) is 10.2. The molecular formula is C12H8BrNO2S. The average molecular weight is 310 g/mol. The average Bonchev–Trinajstić information content (AvgIpc) is 2.32. The van der Waals surface area contributed by atoms with Crippen LogP contribution in [-0.2, 0) is 0 Å². The van der Waals surface area contributed by atoms with Gasteiger partial charge in [-0.3, -0.25) is 0 Å². The highest BCUT2D eigenvalue weighted by Gasteiger charge is 2.07. The zero-order valence-corrected chi connectivity index (χ0v) is 11.0. The van der Waals surface area contributed by atoms with Crippen molar-refractivity contribution in [2.75, 3.05) is 0 Å². The fraction of sp³-hybridized carbons (Fsp3) is 0. The summed E-state index contributed by atoms with van der Waals surface area (Å²) in [6, 6.07) is 12.7. The predicted octanol–water partition coefficient (Wildman–Crippen LogP) is 3.69. The maximum atomic E-state index is 10.8. The van der Waals surface area contributed by atoms with Gasteiger partial charge in [-0.25, -0.2) is 9.78 Å². The van der Waals surface area contributed by atoms with E-state index in [-0.39, 0.29) is 5.69 Å². The molecule has 1 aromatic carbocycles. The van der Waals surface area contributed by atoms with Gasteiger partial charge in [-0.2, -0.15) is 0 Å². The van der Waals surface area contributed by atoms with Gasteiger partial charge in [0.2, 0.25) is 0 Å². The highest BCUT2D eigenvalue weighted by atomic mass is 79.9. The molecule has 1 N–H and O–H groups in total. The Morgan fingerprint density at radius 2 is 1.94 bits per heavy atom. The molecule has 86 valence electrons. The molecule has 0 fully saturated rings. The smallest absolute Gasteiger partial charge is 0.354 e. The molecule has 1 aromatic heterocycles. The minimum absolute atomic E-state index is 0.0575. The molecular weight excluding hydrogens is 302 g/mol. The van der Waals surface area contributed by atoms with Crippen LogP contribution in [0.3, 0.4) is 0 Å². The third-order valence-corrected chi connectivity index (χ3v) is 3.96. The van der Waals surface area contributed by atoms with Crippen molar-refractivity contribution < 1.29 is 9.90 Å². The van der Waals surface area contributed by atoms with E-state index < -0.39 is 5.97 Å². The Bertz CT molecular complexity index is 560. The molecule has 2 aromatic rings. The van der Waals surface area contributed by atoms with Crippen LogP contribution in [0, 0.1) is 0 Å². The lowest BCUT2D eigenvalue weighted by molar-refractivity contribution is 0.0689. The second-order valence-corrected chi connectivity index (χ2v) is 5.12. The molecule has 0 spiro atoms. The molecule has 0 amide bonds. The summed E-state index contributed by atoms with van der Waals surface area (Å²) in [5.74, 6) is -1.01. The molecule has 0 aliphatic carbocycles. The van der Waals surface area contributed by atoms with Crippen LogP contribution in [0.2, 0.25) is 0 Å². The number of rotatable bonds is 3. The van der Waals surface area contributed by atoms with E-state index in [0.717, 1.165) is 9.37 Å². The lowest BCUT2D eigenvalue weighted by atomic mass is 10.4. The molecule has 0 unspecified atom stereocenters. The van der Waals surface area contributed by atoms with Crippen molar-refractivity contribution in [2.45, 2.75) is 9.92 Å². The Kier molecular flexibility index (Phi) is 3.81. The second-order valence-electron chi connectivity index (χ2n) is 3.20. The van der Waals surface area contributed by atoms with E-state index in [0.29, 0.717) is 5.03 Å². The van der Waals surface area contributed by atoms with Crippen LogP contribution in [-0.4, -0.2) is 16.1 Å². The number of benzene rings is 1. The highest BCUT2D eigenvalue weighted by Crippen LogP contribution is 2.32. The van der Waals surface area contributed by atoms with Crippen molar-refractivity contribution in [1.82, 2.24) is 4.98 Å². The van der Waals surface area contributed by atoms with Crippen LogP contribution in [0.15, 0.2) is 56.9 Å². The van der Waals surface area contributed by atoms with E-state index in [4.69, 9.17) is 5.11 Å². The summed E-state index contributed by atoms with van der Waals surface area (Å²) in [7, 11) is 0. The number of carboxylic acids is 1. The Morgan fingerprint density at radius 3 is 2.65 bits per heavy atom. The lowest BCUT2D eigenvalue weighted by Crippen LogP contribution is -1.99. The van der Waals surface area contributed by atoms with Crippen molar-refractivity contribution >= 4 is 33.7 Å². The molecule has 0 saturated heterocycles. The fourth-order valence-electron chi connectivity index (χ4n) is 1.23. The highest BCUT2D eigenvalue weighted by molar-refractivity contribution is 9.10. The maximum absolute atomic E-state index is 10.8. The number of aromatic nitrogens is 1. The van der Waals surface area contributed by atoms with Gasteiger partial charge in [0.05, 0.1) is 0 Å².